The summed E-state index contributed by atoms with van der Waals surface area (Å²) < 4.78 is 1.07. The number of rotatable bonds is 1. The Balaban J connectivity index is 2.08. The molecule has 0 atom stereocenters. The van der Waals surface area contributed by atoms with Gasteiger partial charge in [-0.25, -0.2) is 9.97 Å². The minimum atomic E-state index is 0.628. The molecule has 1 aromatic carbocycles. The Kier molecular flexibility index (Phi) is 4.08. The SMILES string of the molecule is Cc1ccc(-c2nc(Cl)c3c(n2)CCCCC3)cc1Br. The van der Waals surface area contributed by atoms with Gasteiger partial charge < -0.3 is 0 Å². The van der Waals surface area contributed by atoms with Crippen LogP contribution in [0.4, 0.5) is 0 Å². The highest BCUT2D eigenvalue weighted by Crippen LogP contribution is 2.29. The van der Waals surface area contributed by atoms with E-state index in [-0.39, 0.29) is 0 Å². The van der Waals surface area contributed by atoms with Gasteiger partial charge in [-0.15, -0.1) is 0 Å². The summed E-state index contributed by atoms with van der Waals surface area (Å²) in [7, 11) is 0. The van der Waals surface area contributed by atoms with Crippen LogP contribution in [0.3, 0.4) is 0 Å². The number of nitrogens with zero attached hydrogens (tertiary/aromatic N) is 2. The van der Waals surface area contributed by atoms with E-state index in [0.29, 0.717) is 5.15 Å². The monoisotopic (exact) mass is 350 g/mol. The molecule has 0 N–H and O–H groups in total. The summed E-state index contributed by atoms with van der Waals surface area (Å²) in [6.07, 6.45) is 5.64. The lowest BCUT2D eigenvalue weighted by Gasteiger charge is -2.10. The second kappa shape index (κ2) is 5.82. The summed E-state index contributed by atoms with van der Waals surface area (Å²) in [5.41, 5.74) is 4.50. The van der Waals surface area contributed by atoms with Crippen molar-refractivity contribution in [2.45, 2.75) is 39.0 Å². The molecule has 1 heterocycles. The van der Waals surface area contributed by atoms with E-state index in [1.165, 1.54) is 24.8 Å². The molecule has 1 aliphatic rings. The third kappa shape index (κ3) is 2.75. The predicted octanol–water partition coefficient (Wildman–Crippen LogP) is 5.14. The van der Waals surface area contributed by atoms with E-state index >= 15 is 0 Å². The molecule has 4 heteroatoms. The molecule has 0 aliphatic heterocycles. The van der Waals surface area contributed by atoms with E-state index in [1.807, 2.05) is 0 Å². The second-order valence-electron chi connectivity index (χ2n) is 5.29. The first-order chi connectivity index (χ1) is 9.65. The first-order valence-corrected chi connectivity index (χ1v) is 8.14. The third-order valence-electron chi connectivity index (χ3n) is 3.81. The Morgan fingerprint density at radius 1 is 1.10 bits per heavy atom. The van der Waals surface area contributed by atoms with Gasteiger partial charge in [0.05, 0.1) is 0 Å². The Morgan fingerprint density at radius 2 is 1.90 bits per heavy atom. The molecule has 0 saturated heterocycles. The maximum Gasteiger partial charge on any atom is 0.161 e. The van der Waals surface area contributed by atoms with Gasteiger partial charge >= 0.3 is 0 Å². The van der Waals surface area contributed by atoms with Crippen LogP contribution in [0.15, 0.2) is 22.7 Å². The van der Waals surface area contributed by atoms with Crippen LogP contribution in [0.2, 0.25) is 5.15 Å². The number of hydrogen-bond acceptors (Lipinski definition) is 2. The van der Waals surface area contributed by atoms with E-state index in [0.717, 1.165) is 40.0 Å². The second-order valence-corrected chi connectivity index (χ2v) is 6.50. The highest BCUT2D eigenvalue weighted by molar-refractivity contribution is 9.10. The molecule has 3 rings (SSSR count). The van der Waals surface area contributed by atoms with Crippen molar-refractivity contribution in [3.63, 3.8) is 0 Å². The van der Waals surface area contributed by atoms with Crippen LogP contribution in [0.25, 0.3) is 11.4 Å². The summed E-state index contributed by atoms with van der Waals surface area (Å²) in [5.74, 6) is 0.733. The topological polar surface area (TPSA) is 25.8 Å². The largest absolute Gasteiger partial charge is 0.233 e. The van der Waals surface area contributed by atoms with Crippen molar-refractivity contribution in [1.29, 1.82) is 0 Å². The number of fused-ring (bicyclic) bond motifs is 1. The Bertz CT molecular complexity index is 655. The zero-order chi connectivity index (χ0) is 14.1. The highest BCUT2D eigenvalue weighted by atomic mass is 79.9. The molecule has 0 unspecified atom stereocenters. The van der Waals surface area contributed by atoms with Crippen LogP contribution in [-0.4, -0.2) is 9.97 Å². The Hall–Kier alpha value is -0.930. The lowest BCUT2D eigenvalue weighted by molar-refractivity contribution is 0.709. The van der Waals surface area contributed by atoms with Gasteiger partial charge in [0.25, 0.3) is 0 Å². The van der Waals surface area contributed by atoms with E-state index in [9.17, 15) is 0 Å². The minimum absolute atomic E-state index is 0.628. The van der Waals surface area contributed by atoms with E-state index in [4.69, 9.17) is 16.6 Å². The minimum Gasteiger partial charge on any atom is -0.233 e. The molecular weight excluding hydrogens is 336 g/mol. The average Bonchev–Trinajstić information content (AvgIpc) is 2.67. The first kappa shape index (κ1) is 14.0. The van der Waals surface area contributed by atoms with Gasteiger partial charge in [0.15, 0.2) is 5.82 Å². The van der Waals surface area contributed by atoms with Crippen molar-refractivity contribution in [1.82, 2.24) is 9.97 Å². The van der Waals surface area contributed by atoms with Gasteiger partial charge in [0.1, 0.15) is 5.15 Å². The van der Waals surface area contributed by atoms with Gasteiger partial charge in [-0.1, -0.05) is 46.1 Å². The van der Waals surface area contributed by atoms with Crippen molar-refractivity contribution in [3.05, 3.63) is 44.6 Å². The summed E-state index contributed by atoms with van der Waals surface area (Å²) in [6, 6.07) is 6.18. The van der Waals surface area contributed by atoms with Crippen molar-refractivity contribution < 1.29 is 0 Å². The fourth-order valence-corrected chi connectivity index (χ4v) is 3.25. The first-order valence-electron chi connectivity index (χ1n) is 6.97. The molecule has 0 radical (unpaired) electrons. The molecule has 1 aliphatic carbocycles. The highest BCUT2D eigenvalue weighted by Gasteiger charge is 2.16. The number of hydrogen-bond donors (Lipinski definition) is 0. The molecule has 104 valence electrons. The van der Waals surface area contributed by atoms with Gasteiger partial charge in [0.2, 0.25) is 0 Å². The van der Waals surface area contributed by atoms with Crippen LogP contribution in [-0.2, 0) is 12.8 Å². The maximum atomic E-state index is 6.38. The van der Waals surface area contributed by atoms with Gasteiger partial charge in [-0.05, 0) is 44.2 Å². The molecule has 0 fully saturated rings. The predicted molar refractivity (Wildman–Crippen MR) is 86.2 cm³/mol. The quantitative estimate of drug-likeness (QED) is 0.525. The van der Waals surface area contributed by atoms with Gasteiger partial charge in [-0.2, -0.15) is 0 Å². The van der Waals surface area contributed by atoms with Crippen LogP contribution >= 0.6 is 27.5 Å². The number of aryl methyl sites for hydroxylation is 2. The molecule has 0 bridgehead atoms. The molecule has 2 nitrogen and oxygen atoms in total. The van der Waals surface area contributed by atoms with E-state index in [1.54, 1.807) is 0 Å². The van der Waals surface area contributed by atoms with Gasteiger partial charge in [-0.3, -0.25) is 0 Å². The van der Waals surface area contributed by atoms with Crippen molar-refractivity contribution in [3.8, 4) is 11.4 Å². The summed E-state index contributed by atoms with van der Waals surface area (Å²) in [5, 5.41) is 0.628. The fraction of sp³-hybridized carbons (Fsp3) is 0.375. The molecule has 0 amide bonds. The zero-order valence-corrected chi connectivity index (χ0v) is 13.8. The van der Waals surface area contributed by atoms with Crippen LogP contribution < -0.4 is 0 Å². The Morgan fingerprint density at radius 3 is 2.70 bits per heavy atom. The number of benzene rings is 1. The standard InChI is InChI=1S/C16H16BrClN2/c1-10-7-8-11(9-13(10)17)16-19-14-6-4-2-3-5-12(14)15(18)20-16/h7-9H,2-6H2,1H3. The number of aromatic nitrogens is 2. The van der Waals surface area contributed by atoms with Crippen molar-refractivity contribution in [2.24, 2.45) is 0 Å². The molecular formula is C16H16BrClN2. The van der Waals surface area contributed by atoms with Crippen molar-refractivity contribution in [2.75, 3.05) is 0 Å². The van der Waals surface area contributed by atoms with Crippen LogP contribution in [0.1, 0.15) is 36.1 Å². The lowest BCUT2D eigenvalue weighted by Crippen LogP contribution is -2.02. The third-order valence-corrected chi connectivity index (χ3v) is 4.98. The maximum absolute atomic E-state index is 6.38. The summed E-state index contributed by atoms with van der Waals surface area (Å²) in [6.45, 7) is 2.07. The molecule has 0 spiro atoms. The molecule has 1 aromatic heterocycles. The van der Waals surface area contributed by atoms with Gasteiger partial charge in [0, 0.05) is 21.3 Å². The van der Waals surface area contributed by atoms with E-state index < -0.39 is 0 Å². The summed E-state index contributed by atoms with van der Waals surface area (Å²) in [4.78, 5) is 9.26. The smallest absolute Gasteiger partial charge is 0.161 e. The normalized spacial score (nSPS) is 14.8. The Labute approximate surface area is 132 Å². The zero-order valence-electron chi connectivity index (χ0n) is 11.4. The van der Waals surface area contributed by atoms with Crippen LogP contribution in [0, 0.1) is 6.92 Å². The lowest BCUT2D eigenvalue weighted by atomic mass is 10.1. The average molecular weight is 352 g/mol. The molecule has 20 heavy (non-hydrogen) atoms. The fourth-order valence-electron chi connectivity index (χ4n) is 2.59. The molecule has 2 aromatic rings. The molecule has 0 saturated carbocycles. The number of halogens is 2. The van der Waals surface area contributed by atoms with Crippen LogP contribution in [0.5, 0.6) is 0 Å². The van der Waals surface area contributed by atoms with E-state index in [2.05, 4.69) is 46.0 Å². The summed E-state index contributed by atoms with van der Waals surface area (Å²) >= 11 is 9.94. The van der Waals surface area contributed by atoms with Crippen molar-refractivity contribution >= 4 is 27.5 Å².